The van der Waals surface area contributed by atoms with Gasteiger partial charge in [-0.25, -0.2) is 14.6 Å². The Balaban J connectivity index is 1.79. The predicted octanol–water partition coefficient (Wildman–Crippen LogP) is 4.20. The van der Waals surface area contributed by atoms with Crippen molar-refractivity contribution < 1.29 is 4.79 Å². The van der Waals surface area contributed by atoms with E-state index >= 15 is 0 Å². The van der Waals surface area contributed by atoms with Gasteiger partial charge in [0.2, 0.25) is 5.95 Å². The third kappa shape index (κ3) is 4.40. The van der Waals surface area contributed by atoms with E-state index < -0.39 is 0 Å². The Hall–Kier alpha value is -4.13. The predicted molar refractivity (Wildman–Crippen MR) is 120 cm³/mol. The van der Waals surface area contributed by atoms with Crippen molar-refractivity contribution in [1.29, 1.82) is 0 Å². The van der Waals surface area contributed by atoms with Crippen molar-refractivity contribution in [3.63, 3.8) is 0 Å². The van der Waals surface area contributed by atoms with E-state index in [2.05, 4.69) is 20.4 Å². The SMILES string of the molecule is CC(C)n1nc(-c2cnc(NC(=O)c3ccccc3)nc2-c2ccccc2)ccc1=O. The second kappa shape index (κ2) is 8.71. The van der Waals surface area contributed by atoms with E-state index in [1.165, 1.54) is 10.7 Å². The third-order valence-corrected chi connectivity index (χ3v) is 4.69. The van der Waals surface area contributed by atoms with Crippen molar-refractivity contribution >= 4 is 11.9 Å². The molecular formula is C24H21N5O2. The van der Waals surface area contributed by atoms with Gasteiger partial charge in [-0.05, 0) is 32.0 Å². The number of nitrogens with zero attached hydrogens (tertiary/aromatic N) is 4. The topological polar surface area (TPSA) is 89.8 Å². The fraction of sp³-hybridized carbons (Fsp3) is 0.125. The molecule has 31 heavy (non-hydrogen) atoms. The molecule has 2 heterocycles. The molecular weight excluding hydrogens is 390 g/mol. The summed E-state index contributed by atoms with van der Waals surface area (Å²) in [7, 11) is 0. The maximum absolute atomic E-state index is 12.5. The van der Waals surface area contributed by atoms with E-state index in [1.807, 2.05) is 50.2 Å². The molecule has 0 atom stereocenters. The molecule has 2 aromatic heterocycles. The summed E-state index contributed by atoms with van der Waals surface area (Å²) >= 11 is 0. The second-order valence-corrected chi connectivity index (χ2v) is 7.24. The number of amides is 1. The molecule has 0 saturated carbocycles. The van der Waals surface area contributed by atoms with Crippen molar-refractivity contribution in [1.82, 2.24) is 19.7 Å². The van der Waals surface area contributed by atoms with Gasteiger partial charge in [0, 0.05) is 29.0 Å². The summed E-state index contributed by atoms with van der Waals surface area (Å²) in [6.45, 7) is 3.80. The van der Waals surface area contributed by atoms with Crippen molar-refractivity contribution in [2.75, 3.05) is 5.32 Å². The largest absolute Gasteiger partial charge is 0.290 e. The number of carbonyl (C=O) groups is 1. The average molecular weight is 411 g/mol. The number of rotatable bonds is 5. The van der Waals surface area contributed by atoms with Gasteiger partial charge in [-0.2, -0.15) is 5.10 Å². The molecule has 0 bridgehead atoms. The first-order valence-electron chi connectivity index (χ1n) is 9.92. The van der Waals surface area contributed by atoms with Crippen LogP contribution in [0.15, 0.2) is 83.8 Å². The lowest BCUT2D eigenvalue weighted by Crippen LogP contribution is -2.24. The molecule has 0 radical (unpaired) electrons. The highest BCUT2D eigenvalue weighted by molar-refractivity contribution is 6.03. The molecule has 1 amide bonds. The summed E-state index contributed by atoms with van der Waals surface area (Å²) in [5, 5.41) is 7.25. The van der Waals surface area contributed by atoms with Gasteiger partial charge in [-0.3, -0.25) is 14.9 Å². The summed E-state index contributed by atoms with van der Waals surface area (Å²) in [6.07, 6.45) is 1.62. The zero-order valence-corrected chi connectivity index (χ0v) is 17.2. The molecule has 0 fully saturated rings. The number of anilines is 1. The molecule has 4 rings (SSSR count). The minimum absolute atomic E-state index is 0.0852. The fourth-order valence-electron chi connectivity index (χ4n) is 3.15. The molecule has 7 nitrogen and oxygen atoms in total. The third-order valence-electron chi connectivity index (χ3n) is 4.69. The van der Waals surface area contributed by atoms with Crippen LogP contribution in [0.2, 0.25) is 0 Å². The Kier molecular flexibility index (Phi) is 5.66. The molecule has 1 N–H and O–H groups in total. The summed E-state index contributed by atoms with van der Waals surface area (Å²) in [5.74, 6) is -0.104. The van der Waals surface area contributed by atoms with Crippen molar-refractivity contribution in [2.24, 2.45) is 0 Å². The Labute approximate surface area is 179 Å². The van der Waals surface area contributed by atoms with Gasteiger partial charge in [-0.15, -0.1) is 0 Å². The molecule has 0 aliphatic carbocycles. The van der Waals surface area contributed by atoms with Crippen LogP contribution in [0.3, 0.4) is 0 Å². The van der Waals surface area contributed by atoms with Crippen LogP contribution >= 0.6 is 0 Å². The zero-order chi connectivity index (χ0) is 21.8. The van der Waals surface area contributed by atoms with Crippen LogP contribution in [-0.4, -0.2) is 25.7 Å². The zero-order valence-electron chi connectivity index (χ0n) is 17.2. The summed E-state index contributed by atoms with van der Waals surface area (Å²) in [4.78, 5) is 33.6. The van der Waals surface area contributed by atoms with Crippen molar-refractivity contribution in [3.05, 3.63) is 94.9 Å². The van der Waals surface area contributed by atoms with Crippen LogP contribution in [0, 0.1) is 0 Å². The van der Waals surface area contributed by atoms with Crippen LogP contribution in [-0.2, 0) is 0 Å². The van der Waals surface area contributed by atoms with Crippen LogP contribution in [0.5, 0.6) is 0 Å². The number of hydrogen-bond donors (Lipinski definition) is 1. The maximum atomic E-state index is 12.5. The number of carbonyl (C=O) groups excluding carboxylic acids is 1. The minimum atomic E-state index is -0.293. The molecule has 7 heteroatoms. The van der Waals surface area contributed by atoms with Crippen molar-refractivity contribution in [3.8, 4) is 22.5 Å². The monoisotopic (exact) mass is 411 g/mol. The number of hydrogen-bond acceptors (Lipinski definition) is 5. The van der Waals surface area contributed by atoms with E-state index in [9.17, 15) is 9.59 Å². The molecule has 154 valence electrons. The average Bonchev–Trinajstić information content (AvgIpc) is 2.80. The van der Waals surface area contributed by atoms with E-state index in [-0.39, 0.29) is 23.5 Å². The Morgan fingerprint density at radius 3 is 2.29 bits per heavy atom. The van der Waals surface area contributed by atoms with Gasteiger partial charge in [0.1, 0.15) is 0 Å². The molecule has 0 aliphatic heterocycles. The van der Waals surface area contributed by atoms with E-state index in [0.29, 0.717) is 22.5 Å². The first kappa shape index (κ1) is 20.2. The Morgan fingerprint density at radius 1 is 0.935 bits per heavy atom. The minimum Gasteiger partial charge on any atom is -0.290 e. The van der Waals surface area contributed by atoms with Crippen LogP contribution in [0.1, 0.15) is 30.2 Å². The lowest BCUT2D eigenvalue weighted by Gasteiger charge is -2.13. The van der Waals surface area contributed by atoms with Crippen LogP contribution in [0.25, 0.3) is 22.5 Å². The highest BCUT2D eigenvalue weighted by Crippen LogP contribution is 2.29. The van der Waals surface area contributed by atoms with E-state index in [4.69, 9.17) is 0 Å². The molecule has 0 aliphatic rings. The summed E-state index contributed by atoms with van der Waals surface area (Å²) in [5.41, 5.74) is 3.04. The van der Waals surface area contributed by atoms with E-state index in [0.717, 1.165) is 5.56 Å². The normalized spacial score (nSPS) is 10.8. The Bertz CT molecular complexity index is 1270. The fourth-order valence-corrected chi connectivity index (χ4v) is 3.15. The molecule has 4 aromatic rings. The smallest absolute Gasteiger partial charge is 0.267 e. The first-order chi connectivity index (χ1) is 15.0. The number of nitrogens with one attached hydrogen (secondary N) is 1. The lowest BCUT2D eigenvalue weighted by atomic mass is 10.0. The lowest BCUT2D eigenvalue weighted by molar-refractivity contribution is 0.102. The Morgan fingerprint density at radius 2 is 1.61 bits per heavy atom. The van der Waals surface area contributed by atoms with Crippen molar-refractivity contribution in [2.45, 2.75) is 19.9 Å². The summed E-state index contributed by atoms with van der Waals surface area (Å²) in [6, 6.07) is 21.5. The highest BCUT2D eigenvalue weighted by atomic mass is 16.2. The van der Waals surface area contributed by atoms with Gasteiger partial charge < -0.3 is 0 Å². The molecule has 2 aromatic carbocycles. The summed E-state index contributed by atoms with van der Waals surface area (Å²) < 4.78 is 1.43. The first-order valence-corrected chi connectivity index (χ1v) is 9.92. The van der Waals surface area contributed by atoms with Gasteiger partial charge in [0.15, 0.2) is 0 Å². The molecule has 0 unspecified atom stereocenters. The number of benzene rings is 2. The van der Waals surface area contributed by atoms with Gasteiger partial charge >= 0.3 is 0 Å². The van der Waals surface area contributed by atoms with Crippen LogP contribution < -0.4 is 10.9 Å². The second-order valence-electron chi connectivity index (χ2n) is 7.24. The molecule has 0 saturated heterocycles. The number of aromatic nitrogens is 4. The van der Waals surface area contributed by atoms with Gasteiger partial charge in [-0.1, -0.05) is 48.5 Å². The maximum Gasteiger partial charge on any atom is 0.267 e. The highest BCUT2D eigenvalue weighted by Gasteiger charge is 2.16. The standard InChI is InChI=1S/C24H21N5O2/c1-16(2)29-21(30)14-13-20(28-29)19-15-25-24(26-22(19)17-9-5-3-6-10-17)27-23(31)18-11-7-4-8-12-18/h3-16H,1-2H3,(H,25,26,27,31). The van der Waals surface area contributed by atoms with Gasteiger partial charge in [0.05, 0.1) is 17.4 Å². The van der Waals surface area contributed by atoms with Gasteiger partial charge in [0.25, 0.3) is 11.5 Å². The quantitative estimate of drug-likeness (QED) is 0.532. The van der Waals surface area contributed by atoms with Crippen LogP contribution in [0.4, 0.5) is 5.95 Å². The van der Waals surface area contributed by atoms with E-state index in [1.54, 1.807) is 36.5 Å². The molecule has 0 spiro atoms.